The molecule has 0 saturated heterocycles. The van der Waals surface area contributed by atoms with Crippen molar-refractivity contribution in [3.8, 4) is 5.75 Å². The van der Waals surface area contributed by atoms with Gasteiger partial charge >= 0.3 is 7.82 Å². The number of aromatic nitrogens is 1. The Morgan fingerprint density at radius 3 is 2.35 bits per heavy atom. The van der Waals surface area contributed by atoms with Gasteiger partial charge in [0.1, 0.15) is 5.75 Å². The molecule has 7 nitrogen and oxygen atoms in total. The van der Waals surface area contributed by atoms with Crippen molar-refractivity contribution >= 4 is 18.7 Å². The molecular weight excluding hydrogens is 283 g/mol. The number of hydrogen-bond donors (Lipinski definition) is 5. The monoisotopic (exact) mass is 302 g/mol. The second-order valence-corrected chi connectivity index (χ2v) is 5.37. The fraction of sp³-hybridized carbons (Fsp3) is 0.333. The molecule has 0 unspecified atom stereocenters. The summed E-state index contributed by atoms with van der Waals surface area (Å²) >= 11 is 0. The average molecular weight is 302 g/mol. The number of phenolic OH excluding ortho intramolecular Hbond substituents is 1. The lowest BCUT2D eigenvalue weighted by Gasteiger charge is -2.00. The standard InChI is InChI=1S/C12H16N2O.H3O4P/c1-8-9(6-7-13)12-10(14(8)2)4-3-5-11(12)15;1-5(2,3)4/h3-5,15H,6-7,13H2,1-2H3;(H3,1,2,3,4). The van der Waals surface area contributed by atoms with Crippen LogP contribution in [0.2, 0.25) is 0 Å². The Labute approximate surface area is 116 Å². The number of benzene rings is 1. The van der Waals surface area contributed by atoms with Gasteiger partial charge in [-0.05, 0) is 37.6 Å². The molecule has 1 heterocycles. The summed E-state index contributed by atoms with van der Waals surface area (Å²) in [7, 11) is -2.63. The van der Waals surface area contributed by atoms with Crippen molar-refractivity contribution in [1.82, 2.24) is 4.57 Å². The maximum absolute atomic E-state index is 9.86. The molecule has 0 aliphatic rings. The Morgan fingerprint density at radius 1 is 1.30 bits per heavy atom. The fourth-order valence-corrected chi connectivity index (χ4v) is 2.13. The lowest BCUT2D eigenvalue weighted by Crippen LogP contribution is -2.04. The Balaban J connectivity index is 0.000000347. The number of phenols is 1. The highest BCUT2D eigenvalue weighted by Gasteiger charge is 2.13. The summed E-state index contributed by atoms with van der Waals surface area (Å²) in [6.45, 7) is 2.67. The van der Waals surface area contributed by atoms with E-state index in [0.717, 1.165) is 22.9 Å². The predicted octanol–water partition coefficient (Wildman–Crippen LogP) is 0.765. The molecule has 2 rings (SSSR count). The molecule has 0 spiro atoms. The zero-order valence-electron chi connectivity index (χ0n) is 11.3. The molecule has 0 atom stereocenters. The molecule has 0 fully saturated rings. The van der Waals surface area contributed by atoms with Crippen molar-refractivity contribution in [1.29, 1.82) is 0 Å². The number of aromatic hydroxyl groups is 1. The summed E-state index contributed by atoms with van der Waals surface area (Å²) < 4.78 is 11.0. The summed E-state index contributed by atoms with van der Waals surface area (Å²) in [4.78, 5) is 21.6. The molecule has 0 radical (unpaired) electrons. The molecule has 0 amide bonds. The SMILES string of the molecule is Cc1c(CCN)c2c(O)cccc2n1C.O=P(O)(O)O. The molecule has 1 aromatic heterocycles. The first-order valence-electron chi connectivity index (χ1n) is 5.91. The van der Waals surface area contributed by atoms with Gasteiger partial charge in [0, 0.05) is 18.1 Å². The van der Waals surface area contributed by atoms with Crippen LogP contribution in [0, 0.1) is 6.92 Å². The largest absolute Gasteiger partial charge is 0.507 e. The molecule has 6 N–H and O–H groups in total. The van der Waals surface area contributed by atoms with E-state index in [9.17, 15) is 5.11 Å². The van der Waals surface area contributed by atoms with Gasteiger partial charge in [0.25, 0.3) is 0 Å². The second kappa shape index (κ2) is 6.39. The Bertz CT molecular complexity index is 639. The minimum atomic E-state index is -4.64. The smallest absolute Gasteiger partial charge is 0.466 e. The van der Waals surface area contributed by atoms with Crippen LogP contribution in [0.25, 0.3) is 10.9 Å². The van der Waals surface area contributed by atoms with Gasteiger partial charge in [-0.3, -0.25) is 0 Å². The lowest BCUT2D eigenvalue weighted by molar-refractivity contribution is 0.275. The Morgan fingerprint density at radius 2 is 1.85 bits per heavy atom. The highest BCUT2D eigenvalue weighted by atomic mass is 31.2. The zero-order chi connectivity index (χ0) is 15.5. The van der Waals surface area contributed by atoms with Gasteiger partial charge in [-0.1, -0.05) is 6.07 Å². The van der Waals surface area contributed by atoms with E-state index in [2.05, 4.69) is 11.5 Å². The normalized spacial score (nSPS) is 11.3. The highest BCUT2D eigenvalue weighted by molar-refractivity contribution is 7.45. The van der Waals surface area contributed by atoms with Crippen molar-refractivity contribution in [2.24, 2.45) is 12.8 Å². The average Bonchev–Trinajstić information content (AvgIpc) is 2.54. The molecule has 112 valence electrons. The van der Waals surface area contributed by atoms with Crippen LogP contribution in [0.15, 0.2) is 18.2 Å². The first-order valence-corrected chi connectivity index (χ1v) is 7.47. The van der Waals surface area contributed by atoms with Crippen LogP contribution in [0.4, 0.5) is 0 Å². The molecule has 8 heteroatoms. The summed E-state index contributed by atoms with van der Waals surface area (Å²) in [5.74, 6) is 0.347. The van der Waals surface area contributed by atoms with E-state index in [1.807, 2.05) is 19.2 Å². The third-order valence-electron chi connectivity index (χ3n) is 3.02. The summed E-state index contributed by atoms with van der Waals surface area (Å²) in [5.41, 5.74) is 8.99. The van der Waals surface area contributed by atoms with Crippen molar-refractivity contribution in [3.63, 3.8) is 0 Å². The molecule has 0 aliphatic heterocycles. The van der Waals surface area contributed by atoms with E-state index < -0.39 is 7.82 Å². The topological polar surface area (TPSA) is 129 Å². The lowest BCUT2D eigenvalue weighted by atomic mass is 10.1. The van der Waals surface area contributed by atoms with Crippen molar-refractivity contribution in [2.75, 3.05) is 6.54 Å². The minimum absolute atomic E-state index is 0.347. The molecule has 0 bridgehead atoms. The third-order valence-corrected chi connectivity index (χ3v) is 3.02. The summed E-state index contributed by atoms with van der Waals surface area (Å²) in [5, 5.41) is 10.8. The number of rotatable bonds is 2. The van der Waals surface area contributed by atoms with Gasteiger partial charge in [0.05, 0.1) is 5.52 Å². The first kappa shape index (κ1) is 16.7. The maximum Gasteiger partial charge on any atom is 0.466 e. The number of phosphoric acid groups is 1. The van der Waals surface area contributed by atoms with Crippen LogP contribution in [-0.2, 0) is 18.0 Å². The van der Waals surface area contributed by atoms with Crippen LogP contribution in [0.3, 0.4) is 0 Å². The van der Waals surface area contributed by atoms with Crippen molar-refractivity contribution in [2.45, 2.75) is 13.3 Å². The minimum Gasteiger partial charge on any atom is -0.507 e. The van der Waals surface area contributed by atoms with Gasteiger partial charge in [0.2, 0.25) is 0 Å². The number of aryl methyl sites for hydroxylation is 1. The number of nitrogens with two attached hydrogens (primary N) is 1. The van der Waals surface area contributed by atoms with Crippen LogP contribution < -0.4 is 5.73 Å². The Hall–Kier alpha value is -1.37. The zero-order valence-corrected chi connectivity index (χ0v) is 12.2. The highest BCUT2D eigenvalue weighted by Crippen LogP contribution is 2.32. The maximum atomic E-state index is 9.86. The predicted molar refractivity (Wildman–Crippen MR) is 76.3 cm³/mol. The van der Waals surface area contributed by atoms with Gasteiger partial charge in [-0.2, -0.15) is 0 Å². The van der Waals surface area contributed by atoms with Gasteiger partial charge in [-0.25, -0.2) is 4.57 Å². The molecule has 0 aliphatic carbocycles. The van der Waals surface area contributed by atoms with E-state index in [0.29, 0.717) is 12.3 Å². The van der Waals surface area contributed by atoms with Gasteiger partial charge in [-0.15, -0.1) is 0 Å². The van der Waals surface area contributed by atoms with E-state index in [1.165, 1.54) is 5.69 Å². The quantitative estimate of drug-likeness (QED) is 0.521. The molecule has 20 heavy (non-hydrogen) atoms. The van der Waals surface area contributed by atoms with E-state index in [4.69, 9.17) is 25.0 Å². The van der Waals surface area contributed by atoms with E-state index in [1.54, 1.807) is 6.07 Å². The van der Waals surface area contributed by atoms with E-state index in [-0.39, 0.29) is 0 Å². The second-order valence-electron chi connectivity index (χ2n) is 4.35. The number of fused-ring (bicyclic) bond motifs is 1. The third kappa shape index (κ3) is 4.06. The molecule has 2 aromatic rings. The molecule has 1 aromatic carbocycles. The van der Waals surface area contributed by atoms with Crippen LogP contribution in [-0.4, -0.2) is 30.9 Å². The summed E-state index contributed by atoms with van der Waals surface area (Å²) in [6.07, 6.45) is 0.806. The van der Waals surface area contributed by atoms with Crippen molar-refractivity contribution < 1.29 is 24.4 Å². The molecular formula is C12H19N2O5P. The van der Waals surface area contributed by atoms with Crippen LogP contribution >= 0.6 is 7.82 Å². The van der Waals surface area contributed by atoms with E-state index >= 15 is 0 Å². The van der Waals surface area contributed by atoms with Crippen LogP contribution in [0.1, 0.15) is 11.3 Å². The van der Waals surface area contributed by atoms with Gasteiger partial charge < -0.3 is 30.1 Å². The number of nitrogens with zero attached hydrogens (tertiary/aromatic N) is 1. The van der Waals surface area contributed by atoms with Crippen LogP contribution in [0.5, 0.6) is 5.75 Å². The number of hydrogen-bond acceptors (Lipinski definition) is 3. The first-order chi connectivity index (χ1) is 9.16. The van der Waals surface area contributed by atoms with Gasteiger partial charge in [0.15, 0.2) is 0 Å². The summed E-state index contributed by atoms with van der Waals surface area (Å²) in [6, 6.07) is 5.60. The Kier molecular flexibility index (Phi) is 5.33. The molecule has 0 saturated carbocycles. The fourth-order valence-electron chi connectivity index (χ4n) is 2.13. The van der Waals surface area contributed by atoms with Crippen molar-refractivity contribution in [3.05, 3.63) is 29.5 Å².